The van der Waals surface area contributed by atoms with Gasteiger partial charge in [-0.2, -0.15) is 0 Å². The SMILES string of the molecule is O.O=[N+]([O-])c1cccc(C#CC=C2CCN(c3ncccc3[NH2+][O-])CC2)c1. The topological polar surface area (TPSA) is 130 Å². The molecule has 4 N–H and O–H groups in total. The highest BCUT2D eigenvalue weighted by atomic mass is 16.6. The minimum atomic E-state index is -0.426. The Labute approximate surface area is 156 Å². The quantitative estimate of drug-likeness (QED) is 0.497. The number of anilines is 1. The molecule has 0 unspecified atom stereocenters. The monoisotopic (exact) mass is 368 g/mol. The summed E-state index contributed by atoms with van der Waals surface area (Å²) in [7, 11) is 0. The fraction of sp³-hybridized carbons (Fsp3) is 0.211. The number of benzene rings is 1. The van der Waals surface area contributed by atoms with Crippen molar-refractivity contribution < 1.29 is 15.9 Å². The molecule has 0 atom stereocenters. The Bertz CT molecular complexity index is 892. The zero-order valence-electron chi connectivity index (χ0n) is 14.6. The van der Waals surface area contributed by atoms with Crippen molar-refractivity contribution in [2.75, 3.05) is 18.0 Å². The van der Waals surface area contributed by atoms with Gasteiger partial charge in [0.05, 0.1) is 4.92 Å². The molecule has 1 aromatic carbocycles. The molecule has 2 heterocycles. The summed E-state index contributed by atoms with van der Waals surface area (Å²) in [6.07, 6.45) is 5.27. The molecule has 0 aliphatic carbocycles. The van der Waals surface area contributed by atoms with Crippen molar-refractivity contribution in [2.24, 2.45) is 0 Å². The third kappa shape index (κ3) is 5.12. The van der Waals surface area contributed by atoms with Crippen LogP contribution in [0.1, 0.15) is 18.4 Å². The summed E-state index contributed by atoms with van der Waals surface area (Å²) in [6, 6.07) is 9.83. The van der Waals surface area contributed by atoms with Crippen molar-refractivity contribution in [1.82, 2.24) is 4.98 Å². The zero-order chi connectivity index (χ0) is 18.4. The third-order valence-corrected chi connectivity index (χ3v) is 4.20. The van der Waals surface area contributed by atoms with E-state index in [9.17, 15) is 15.3 Å². The Hall–Kier alpha value is -3.25. The number of aromatic nitrogens is 1. The fourth-order valence-corrected chi connectivity index (χ4v) is 2.83. The predicted molar refractivity (Wildman–Crippen MR) is 102 cm³/mol. The summed E-state index contributed by atoms with van der Waals surface area (Å²) >= 11 is 0. The number of quaternary nitrogens is 1. The van der Waals surface area contributed by atoms with Crippen LogP contribution in [0.3, 0.4) is 0 Å². The molecule has 0 saturated carbocycles. The van der Waals surface area contributed by atoms with Crippen LogP contribution in [0.25, 0.3) is 0 Å². The van der Waals surface area contributed by atoms with E-state index < -0.39 is 4.92 Å². The van der Waals surface area contributed by atoms with Crippen LogP contribution in [-0.4, -0.2) is 28.5 Å². The molecule has 0 spiro atoms. The van der Waals surface area contributed by atoms with E-state index in [2.05, 4.69) is 21.7 Å². The first-order valence-electron chi connectivity index (χ1n) is 8.26. The molecule has 8 nitrogen and oxygen atoms in total. The molecule has 1 aliphatic rings. The standard InChI is InChI=1S/C19H18N4O3.H2O/c24-21-18-8-3-11-20-19(18)22-12-9-15(10-13-22)4-1-5-16-6-2-7-17(14-16)23(25)26;/h2-4,6-8,11,14H,9-10,12-13,21H2;1H2. The van der Waals surface area contributed by atoms with Crippen LogP contribution >= 0.6 is 0 Å². The van der Waals surface area contributed by atoms with E-state index in [1.54, 1.807) is 30.5 Å². The van der Waals surface area contributed by atoms with Crippen molar-refractivity contribution in [1.29, 1.82) is 0 Å². The van der Waals surface area contributed by atoms with Crippen LogP contribution in [0.5, 0.6) is 0 Å². The van der Waals surface area contributed by atoms with Gasteiger partial charge in [0.1, 0.15) is 0 Å². The molecule has 3 rings (SSSR count). The van der Waals surface area contributed by atoms with Gasteiger partial charge < -0.3 is 21.1 Å². The Balaban J connectivity index is 0.00000261. The maximum absolute atomic E-state index is 11.1. The first-order valence-corrected chi connectivity index (χ1v) is 8.26. The number of nitrogens with two attached hydrogens (primary N) is 1. The minimum Gasteiger partial charge on any atom is -0.630 e. The summed E-state index contributed by atoms with van der Waals surface area (Å²) in [5.74, 6) is 6.66. The molecule has 140 valence electrons. The Morgan fingerprint density at radius 1 is 1.22 bits per heavy atom. The van der Waals surface area contributed by atoms with Crippen LogP contribution in [0.4, 0.5) is 17.2 Å². The van der Waals surface area contributed by atoms with Gasteiger partial charge in [-0.25, -0.2) is 4.98 Å². The molecular formula is C19H20N4O4. The van der Waals surface area contributed by atoms with Crippen LogP contribution < -0.4 is 10.4 Å². The number of nitrogens with zero attached hydrogens (tertiary/aromatic N) is 3. The highest BCUT2D eigenvalue weighted by molar-refractivity contribution is 5.57. The lowest BCUT2D eigenvalue weighted by molar-refractivity contribution is -0.496. The lowest BCUT2D eigenvalue weighted by atomic mass is 10.0. The van der Waals surface area contributed by atoms with Crippen molar-refractivity contribution >= 4 is 17.2 Å². The number of hydrogen-bond donors (Lipinski definition) is 1. The Kier molecular flexibility index (Phi) is 7.02. The summed E-state index contributed by atoms with van der Waals surface area (Å²) in [5.41, 5.74) is 3.32. The first kappa shape index (κ1) is 20.1. The molecule has 8 heteroatoms. The number of rotatable bonds is 3. The van der Waals surface area contributed by atoms with E-state index in [1.807, 2.05) is 6.08 Å². The number of allylic oxidation sites excluding steroid dienone is 1. The van der Waals surface area contributed by atoms with Gasteiger partial charge in [0.2, 0.25) is 0 Å². The Morgan fingerprint density at radius 3 is 2.70 bits per heavy atom. The molecule has 1 aliphatic heterocycles. The first-order chi connectivity index (χ1) is 12.7. The van der Waals surface area contributed by atoms with Gasteiger partial charge in [0.15, 0.2) is 11.5 Å². The van der Waals surface area contributed by atoms with Crippen molar-refractivity contribution in [3.63, 3.8) is 0 Å². The second-order valence-corrected chi connectivity index (χ2v) is 5.90. The van der Waals surface area contributed by atoms with E-state index in [0.29, 0.717) is 11.3 Å². The van der Waals surface area contributed by atoms with Crippen LogP contribution in [0.2, 0.25) is 0 Å². The van der Waals surface area contributed by atoms with Crippen molar-refractivity contribution in [3.8, 4) is 11.8 Å². The van der Waals surface area contributed by atoms with Crippen LogP contribution in [0, 0.1) is 27.2 Å². The average molecular weight is 368 g/mol. The zero-order valence-corrected chi connectivity index (χ0v) is 14.6. The van der Waals surface area contributed by atoms with Gasteiger partial charge in [0.25, 0.3) is 5.69 Å². The van der Waals surface area contributed by atoms with E-state index >= 15 is 0 Å². The van der Waals surface area contributed by atoms with Gasteiger partial charge in [-0.05, 0) is 31.1 Å². The molecule has 1 saturated heterocycles. The van der Waals surface area contributed by atoms with Gasteiger partial charge in [-0.15, -0.1) is 0 Å². The molecule has 0 amide bonds. The molecule has 1 aromatic heterocycles. The minimum absolute atomic E-state index is 0. The van der Waals surface area contributed by atoms with E-state index in [4.69, 9.17) is 0 Å². The van der Waals surface area contributed by atoms with Gasteiger partial charge >= 0.3 is 0 Å². The second kappa shape index (κ2) is 9.45. The molecule has 0 radical (unpaired) electrons. The molecule has 1 fully saturated rings. The van der Waals surface area contributed by atoms with Crippen LogP contribution in [0.15, 0.2) is 54.2 Å². The summed E-state index contributed by atoms with van der Waals surface area (Å²) in [6.45, 7) is 1.56. The number of pyridine rings is 1. The summed E-state index contributed by atoms with van der Waals surface area (Å²) in [5, 5.41) is 21.9. The summed E-state index contributed by atoms with van der Waals surface area (Å²) < 4.78 is 0. The van der Waals surface area contributed by atoms with Gasteiger partial charge in [-0.3, -0.25) is 10.1 Å². The molecular weight excluding hydrogens is 348 g/mol. The van der Waals surface area contributed by atoms with E-state index in [1.165, 1.54) is 17.7 Å². The van der Waals surface area contributed by atoms with Gasteiger partial charge in [-0.1, -0.05) is 23.5 Å². The maximum atomic E-state index is 11.1. The number of nitro groups is 1. The number of nitro benzene ring substituents is 1. The fourth-order valence-electron chi connectivity index (χ4n) is 2.83. The van der Waals surface area contributed by atoms with Gasteiger partial charge in [0, 0.05) is 43.0 Å². The highest BCUT2D eigenvalue weighted by Crippen LogP contribution is 2.24. The molecule has 0 bridgehead atoms. The number of hydrogen-bond acceptors (Lipinski definition) is 5. The van der Waals surface area contributed by atoms with E-state index in [0.717, 1.165) is 37.2 Å². The van der Waals surface area contributed by atoms with Crippen molar-refractivity contribution in [3.05, 3.63) is 75.1 Å². The Morgan fingerprint density at radius 2 is 2.00 bits per heavy atom. The van der Waals surface area contributed by atoms with Crippen LogP contribution in [-0.2, 0) is 0 Å². The van der Waals surface area contributed by atoms with Crippen molar-refractivity contribution in [2.45, 2.75) is 12.8 Å². The lowest BCUT2D eigenvalue weighted by Gasteiger charge is -2.29. The normalized spacial score (nSPS) is 13.2. The average Bonchev–Trinajstić information content (AvgIpc) is 2.69. The largest absolute Gasteiger partial charge is 0.630 e. The molecule has 2 aromatic rings. The maximum Gasteiger partial charge on any atom is 0.270 e. The third-order valence-electron chi connectivity index (χ3n) is 4.20. The smallest absolute Gasteiger partial charge is 0.270 e. The van der Waals surface area contributed by atoms with E-state index in [-0.39, 0.29) is 11.2 Å². The number of non-ortho nitro benzene ring substituents is 1. The number of piperidine rings is 1. The highest BCUT2D eigenvalue weighted by Gasteiger charge is 2.18. The summed E-state index contributed by atoms with van der Waals surface area (Å²) in [4.78, 5) is 16.8. The molecule has 27 heavy (non-hydrogen) atoms. The lowest BCUT2D eigenvalue weighted by Crippen LogP contribution is -2.70. The second-order valence-electron chi connectivity index (χ2n) is 5.90. The predicted octanol–water partition coefficient (Wildman–Crippen LogP) is 1.44.